The Morgan fingerprint density at radius 2 is 1.72 bits per heavy atom. The molecule has 2 N–H and O–H groups in total. The minimum Gasteiger partial charge on any atom is -0.350 e. The van der Waals surface area contributed by atoms with E-state index in [2.05, 4.69) is 27.9 Å². The highest BCUT2D eigenvalue weighted by molar-refractivity contribution is 6.30. The molecule has 168 valence electrons. The molecule has 0 aliphatic rings. The van der Waals surface area contributed by atoms with Gasteiger partial charge in [-0.3, -0.25) is 14.3 Å². The van der Waals surface area contributed by atoms with E-state index in [1.807, 2.05) is 50.6 Å². The second-order valence-corrected chi connectivity index (χ2v) is 8.76. The molecule has 3 aromatic rings. The zero-order valence-electron chi connectivity index (χ0n) is 18.9. The van der Waals surface area contributed by atoms with Crippen LogP contribution in [0.25, 0.3) is 0 Å². The van der Waals surface area contributed by atoms with E-state index in [0.717, 1.165) is 22.5 Å². The average molecular weight is 453 g/mol. The van der Waals surface area contributed by atoms with Gasteiger partial charge in [-0.05, 0) is 61.2 Å². The summed E-state index contributed by atoms with van der Waals surface area (Å²) in [4.78, 5) is 25.4. The molecule has 7 heteroatoms. The molecule has 1 unspecified atom stereocenters. The molecule has 1 heterocycles. The summed E-state index contributed by atoms with van der Waals surface area (Å²) in [6, 6.07) is 16.1. The highest BCUT2D eigenvalue weighted by atomic mass is 35.5. The molecular formula is C25H29ClN4O2. The van der Waals surface area contributed by atoms with Crippen LogP contribution in [0.15, 0.2) is 54.6 Å². The van der Waals surface area contributed by atoms with Gasteiger partial charge in [0.15, 0.2) is 0 Å². The predicted octanol–water partition coefficient (Wildman–Crippen LogP) is 4.27. The van der Waals surface area contributed by atoms with E-state index in [0.29, 0.717) is 23.7 Å². The Morgan fingerprint density at radius 3 is 2.34 bits per heavy atom. The van der Waals surface area contributed by atoms with E-state index in [9.17, 15) is 9.59 Å². The predicted molar refractivity (Wildman–Crippen MR) is 127 cm³/mol. The highest BCUT2D eigenvalue weighted by Gasteiger charge is 2.24. The summed E-state index contributed by atoms with van der Waals surface area (Å²) in [7, 11) is 0. The van der Waals surface area contributed by atoms with Crippen LogP contribution in [-0.2, 0) is 17.9 Å². The molecule has 0 aliphatic carbocycles. The maximum atomic E-state index is 12.8. The van der Waals surface area contributed by atoms with Crippen molar-refractivity contribution in [1.29, 1.82) is 0 Å². The maximum Gasteiger partial charge on any atom is 0.251 e. The van der Waals surface area contributed by atoms with Crippen LogP contribution in [0, 0.1) is 19.8 Å². The Morgan fingerprint density at radius 1 is 1.03 bits per heavy atom. The second-order valence-electron chi connectivity index (χ2n) is 8.32. The SMILES string of the molecule is Cc1cc(C)n(Cc2cccc(CNC(=O)C(NC(=O)c3ccc(Cl)cc3)C(C)C)c2)n1. The van der Waals surface area contributed by atoms with Gasteiger partial charge < -0.3 is 10.6 Å². The number of amides is 2. The van der Waals surface area contributed by atoms with Crippen molar-refractivity contribution < 1.29 is 9.59 Å². The van der Waals surface area contributed by atoms with Crippen molar-refractivity contribution in [1.82, 2.24) is 20.4 Å². The normalized spacial score (nSPS) is 11.9. The Kier molecular flexibility index (Phi) is 7.70. The molecule has 0 radical (unpaired) electrons. The number of carbonyl (C=O) groups is 2. The zero-order valence-corrected chi connectivity index (χ0v) is 19.6. The standard InChI is InChI=1S/C25H29ClN4O2/c1-16(2)23(28-24(31)21-8-10-22(26)11-9-21)25(32)27-14-19-6-5-7-20(13-19)15-30-18(4)12-17(3)29-30/h5-13,16,23H,14-15H2,1-4H3,(H,27,32)(H,28,31). The van der Waals surface area contributed by atoms with Gasteiger partial charge in [0, 0.05) is 22.8 Å². The summed E-state index contributed by atoms with van der Waals surface area (Å²) in [5.41, 5.74) is 4.66. The Hall–Kier alpha value is -3.12. The molecular weight excluding hydrogens is 424 g/mol. The number of aryl methyl sites for hydroxylation is 2. The van der Waals surface area contributed by atoms with Gasteiger partial charge in [0.1, 0.15) is 6.04 Å². The lowest BCUT2D eigenvalue weighted by Gasteiger charge is -2.22. The smallest absolute Gasteiger partial charge is 0.251 e. The summed E-state index contributed by atoms with van der Waals surface area (Å²) >= 11 is 5.89. The fraction of sp³-hybridized carbons (Fsp3) is 0.320. The van der Waals surface area contributed by atoms with Crippen LogP contribution in [0.4, 0.5) is 0 Å². The topological polar surface area (TPSA) is 76.0 Å². The van der Waals surface area contributed by atoms with Crippen LogP contribution in [0.2, 0.25) is 5.02 Å². The number of benzene rings is 2. The van der Waals surface area contributed by atoms with E-state index in [1.54, 1.807) is 24.3 Å². The lowest BCUT2D eigenvalue weighted by Crippen LogP contribution is -2.49. The third kappa shape index (κ3) is 6.20. The first-order chi connectivity index (χ1) is 15.2. The van der Waals surface area contributed by atoms with E-state index < -0.39 is 6.04 Å². The van der Waals surface area contributed by atoms with Crippen molar-refractivity contribution in [3.63, 3.8) is 0 Å². The van der Waals surface area contributed by atoms with Crippen LogP contribution >= 0.6 is 11.6 Å². The molecule has 1 atom stereocenters. The van der Waals surface area contributed by atoms with Crippen LogP contribution in [0.1, 0.15) is 46.7 Å². The van der Waals surface area contributed by atoms with Gasteiger partial charge in [0.05, 0.1) is 12.2 Å². The monoisotopic (exact) mass is 452 g/mol. The molecule has 0 fully saturated rings. The third-order valence-corrected chi connectivity index (χ3v) is 5.49. The Balaban J connectivity index is 1.61. The summed E-state index contributed by atoms with van der Waals surface area (Å²) in [5.74, 6) is -0.586. The first kappa shape index (κ1) is 23.5. The molecule has 1 aromatic heterocycles. The minimum atomic E-state index is -0.643. The number of halogens is 1. The number of hydrogen-bond acceptors (Lipinski definition) is 3. The van der Waals surface area contributed by atoms with Crippen molar-refractivity contribution in [3.8, 4) is 0 Å². The van der Waals surface area contributed by atoms with Crippen molar-refractivity contribution in [2.75, 3.05) is 0 Å². The number of nitrogens with one attached hydrogen (secondary N) is 2. The van der Waals surface area contributed by atoms with E-state index in [1.165, 1.54) is 0 Å². The maximum absolute atomic E-state index is 12.8. The Labute approximate surface area is 194 Å². The van der Waals surface area contributed by atoms with E-state index in [-0.39, 0.29) is 17.7 Å². The van der Waals surface area contributed by atoms with Crippen molar-refractivity contribution >= 4 is 23.4 Å². The largest absolute Gasteiger partial charge is 0.350 e. The lowest BCUT2D eigenvalue weighted by molar-refractivity contribution is -0.124. The van der Waals surface area contributed by atoms with Crippen LogP contribution in [-0.4, -0.2) is 27.6 Å². The van der Waals surface area contributed by atoms with Gasteiger partial charge in [-0.25, -0.2) is 0 Å². The Bertz CT molecular complexity index is 1090. The second kappa shape index (κ2) is 10.5. The number of carbonyl (C=O) groups excluding carboxylic acids is 2. The van der Waals surface area contributed by atoms with E-state index >= 15 is 0 Å². The molecule has 0 aliphatic heterocycles. The van der Waals surface area contributed by atoms with Gasteiger partial charge in [0.25, 0.3) is 5.91 Å². The number of nitrogens with zero attached hydrogens (tertiary/aromatic N) is 2. The summed E-state index contributed by atoms with van der Waals surface area (Å²) in [6.45, 7) is 8.88. The number of hydrogen-bond donors (Lipinski definition) is 2. The molecule has 2 amide bonds. The van der Waals surface area contributed by atoms with Crippen LogP contribution < -0.4 is 10.6 Å². The fourth-order valence-electron chi connectivity index (χ4n) is 3.51. The van der Waals surface area contributed by atoms with Crippen molar-refractivity contribution in [2.45, 2.75) is 46.8 Å². The molecule has 3 rings (SSSR count). The highest BCUT2D eigenvalue weighted by Crippen LogP contribution is 2.12. The summed E-state index contributed by atoms with van der Waals surface area (Å²) < 4.78 is 1.97. The number of aromatic nitrogens is 2. The molecule has 2 aromatic carbocycles. The van der Waals surface area contributed by atoms with Gasteiger partial charge in [-0.15, -0.1) is 0 Å². The van der Waals surface area contributed by atoms with Gasteiger partial charge >= 0.3 is 0 Å². The van der Waals surface area contributed by atoms with Gasteiger partial charge in [0.2, 0.25) is 5.91 Å². The average Bonchev–Trinajstić information content (AvgIpc) is 3.07. The minimum absolute atomic E-state index is 0.0661. The molecule has 6 nitrogen and oxygen atoms in total. The molecule has 0 saturated heterocycles. The number of rotatable bonds is 8. The van der Waals surface area contributed by atoms with Gasteiger partial charge in [-0.1, -0.05) is 49.7 Å². The molecule has 0 saturated carbocycles. The molecule has 32 heavy (non-hydrogen) atoms. The molecule has 0 bridgehead atoms. The van der Waals surface area contributed by atoms with Crippen LogP contribution in [0.3, 0.4) is 0 Å². The van der Waals surface area contributed by atoms with Gasteiger partial charge in [-0.2, -0.15) is 5.10 Å². The van der Waals surface area contributed by atoms with Crippen LogP contribution in [0.5, 0.6) is 0 Å². The fourth-order valence-corrected chi connectivity index (χ4v) is 3.63. The quantitative estimate of drug-likeness (QED) is 0.535. The third-order valence-electron chi connectivity index (χ3n) is 5.24. The van der Waals surface area contributed by atoms with Crippen molar-refractivity contribution in [3.05, 3.63) is 87.7 Å². The summed E-state index contributed by atoms with van der Waals surface area (Å²) in [6.07, 6.45) is 0. The van der Waals surface area contributed by atoms with Crippen molar-refractivity contribution in [2.24, 2.45) is 5.92 Å². The first-order valence-corrected chi connectivity index (χ1v) is 11.0. The summed E-state index contributed by atoms with van der Waals surface area (Å²) in [5, 5.41) is 10.9. The first-order valence-electron chi connectivity index (χ1n) is 10.7. The van der Waals surface area contributed by atoms with E-state index in [4.69, 9.17) is 11.6 Å². The lowest BCUT2D eigenvalue weighted by atomic mass is 10.0. The molecule has 0 spiro atoms. The zero-order chi connectivity index (χ0) is 23.3.